The quantitative estimate of drug-likeness (QED) is 0.700. The topological polar surface area (TPSA) is 9.23 Å². The number of rotatable bonds is 2. The maximum atomic E-state index is 12.4. The van der Waals surface area contributed by atoms with Gasteiger partial charge in [0.05, 0.1) is 0 Å². The zero-order valence-electron chi connectivity index (χ0n) is 7.18. The van der Waals surface area contributed by atoms with Gasteiger partial charge in [0.15, 0.2) is 0 Å². The molecule has 1 nitrogen and oxygen atoms in total. The maximum absolute atomic E-state index is 12.4. The van der Waals surface area contributed by atoms with E-state index in [2.05, 4.69) is 4.74 Å². The fraction of sp³-hybridized carbons (Fsp3) is 0.222. The molecule has 0 spiro atoms. The predicted molar refractivity (Wildman–Crippen MR) is 41.5 cm³/mol. The third-order valence-corrected chi connectivity index (χ3v) is 1.43. The Hall–Kier alpha value is -1.33. The Morgan fingerprint density at radius 2 is 1.67 bits per heavy atom. The highest BCUT2D eigenvalue weighted by Crippen LogP contribution is 2.37. The largest absolute Gasteiger partial charge is 0.499 e. The van der Waals surface area contributed by atoms with Crippen molar-refractivity contribution in [3.05, 3.63) is 36.8 Å². The molecular formula is C9H5F5O. The van der Waals surface area contributed by atoms with Crippen LogP contribution in [0.5, 0.6) is 5.75 Å². The van der Waals surface area contributed by atoms with E-state index in [4.69, 9.17) is 6.92 Å². The van der Waals surface area contributed by atoms with Crippen LogP contribution in [0.4, 0.5) is 22.0 Å². The number of alkyl halides is 5. The minimum atomic E-state index is -5.75. The second-order valence-electron chi connectivity index (χ2n) is 2.69. The molecule has 0 atom stereocenters. The van der Waals surface area contributed by atoms with E-state index in [1.165, 1.54) is 12.1 Å². The van der Waals surface area contributed by atoms with Crippen molar-refractivity contribution in [1.29, 1.82) is 0 Å². The van der Waals surface area contributed by atoms with Crippen LogP contribution in [0.25, 0.3) is 0 Å². The van der Waals surface area contributed by atoms with Crippen molar-refractivity contribution in [2.75, 3.05) is 0 Å². The SMILES string of the molecule is [CH]c1cccc(OC(F)(F)C(F)(F)F)c1. The molecule has 1 rings (SSSR count). The molecule has 0 aliphatic heterocycles. The molecule has 0 aromatic heterocycles. The van der Waals surface area contributed by atoms with E-state index in [-0.39, 0.29) is 5.56 Å². The summed E-state index contributed by atoms with van der Waals surface area (Å²) in [6.07, 6.45) is -11.0. The molecule has 1 aromatic carbocycles. The summed E-state index contributed by atoms with van der Waals surface area (Å²) < 4.78 is 63.4. The van der Waals surface area contributed by atoms with Crippen LogP contribution in [0.2, 0.25) is 0 Å². The van der Waals surface area contributed by atoms with Gasteiger partial charge in [-0.05, 0) is 24.6 Å². The van der Waals surface area contributed by atoms with Gasteiger partial charge in [-0.3, -0.25) is 0 Å². The van der Waals surface area contributed by atoms with Crippen LogP contribution in [0.15, 0.2) is 24.3 Å². The van der Waals surface area contributed by atoms with E-state index in [9.17, 15) is 22.0 Å². The maximum Gasteiger partial charge on any atom is 0.499 e. The highest BCUT2D eigenvalue weighted by atomic mass is 19.4. The molecule has 0 aliphatic rings. The molecule has 0 aliphatic carbocycles. The van der Waals surface area contributed by atoms with Crippen molar-refractivity contribution in [2.45, 2.75) is 12.3 Å². The lowest BCUT2D eigenvalue weighted by atomic mass is 10.2. The molecule has 0 unspecified atom stereocenters. The molecule has 82 valence electrons. The number of ether oxygens (including phenoxy) is 1. The van der Waals surface area contributed by atoms with Crippen molar-refractivity contribution in [3.8, 4) is 5.75 Å². The summed E-state index contributed by atoms with van der Waals surface area (Å²) in [5.41, 5.74) is 0.0328. The van der Waals surface area contributed by atoms with Gasteiger partial charge in [0.1, 0.15) is 5.75 Å². The first-order valence-corrected chi connectivity index (χ1v) is 3.71. The summed E-state index contributed by atoms with van der Waals surface area (Å²) in [5.74, 6) is -0.641. The number of halogens is 5. The monoisotopic (exact) mass is 224 g/mol. The lowest BCUT2D eigenvalue weighted by molar-refractivity contribution is -0.360. The molecule has 2 radical (unpaired) electrons. The predicted octanol–water partition coefficient (Wildman–Crippen LogP) is 3.28. The zero-order valence-corrected chi connectivity index (χ0v) is 7.18. The van der Waals surface area contributed by atoms with Gasteiger partial charge in [-0.2, -0.15) is 22.0 Å². The number of hydrogen-bond donors (Lipinski definition) is 0. The van der Waals surface area contributed by atoms with Crippen LogP contribution >= 0.6 is 0 Å². The average Bonchev–Trinajstić information content (AvgIpc) is 2.00. The summed E-state index contributed by atoms with van der Waals surface area (Å²) in [7, 11) is 0. The van der Waals surface area contributed by atoms with E-state index < -0.39 is 18.0 Å². The van der Waals surface area contributed by atoms with Crippen LogP contribution in [-0.4, -0.2) is 12.3 Å². The summed E-state index contributed by atoms with van der Waals surface area (Å²) >= 11 is 0. The molecule has 0 amide bonds. The Morgan fingerprint density at radius 1 is 1.07 bits per heavy atom. The van der Waals surface area contributed by atoms with Gasteiger partial charge in [-0.1, -0.05) is 12.1 Å². The van der Waals surface area contributed by atoms with Crippen molar-refractivity contribution in [1.82, 2.24) is 0 Å². The van der Waals surface area contributed by atoms with Crippen molar-refractivity contribution < 1.29 is 26.7 Å². The van der Waals surface area contributed by atoms with Crippen LogP contribution in [0, 0.1) is 6.92 Å². The van der Waals surface area contributed by atoms with Crippen molar-refractivity contribution >= 4 is 0 Å². The molecule has 0 heterocycles. The van der Waals surface area contributed by atoms with Gasteiger partial charge in [-0.25, -0.2) is 0 Å². The second-order valence-corrected chi connectivity index (χ2v) is 2.69. The Kier molecular flexibility index (Phi) is 2.88. The van der Waals surface area contributed by atoms with Crippen LogP contribution < -0.4 is 4.74 Å². The normalized spacial score (nSPS) is 12.7. The van der Waals surface area contributed by atoms with E-state index in [0.717, 1.165) is 12.1 Å². The Morgan fingerprint density at radius 3 is 2.13 bits per heavy atom. The zero-order chi connectivity index (χ0) is 11.7. The molecule has 1 aromatic rings. The standard InChI is InChI=1S/C9H5F5O/c1-6-3-2-4-7(5-6)15-9(13,14)8(10,11)12/h1-5H. The number of hydrogen-bond acceptors (Lipinski definition) is 1. The Bertz CT molecular complexity index is 345. The minimum absolute atomic E-state index is 0.0328. The molecule has 0 saturated carbocycles. The lowest BCUT2D eigenvalue weighted by Crippen LogP contribution is -2.41. The molecule has 0 N–H and O–H groups in total. The first-order valence-electron chi connectivity index (χ1n) is 3.71. The van der Waals surface area contributed by atoms with E-state index in [1.807, 2.05) is 0 Å². The molecule has 6 heteroatoms. The van der Waals surface area contributed by atoms with E-state index in [1.54, 1.807) is 0 Å². The Labute approximate surface area is 82.5 Å². The summed E-state index contributed by atoms with van der Waals surface area (Å²) in [5, 5.41) is 0. The summed E-state index contributed by atoms with van der Waals surface area (Å²) in [6.45, 7) is 5.18. The highest BCUT2D eigenvalue weighted by molar-refractivity contribution is 5.30. The molecule has 0 saturated heterocycles. The lowest BCUT2D eigenvalue weighted by Gasteiger charge is -2.20. The fourth-order valence-electron chi connectivity index (χ4n) is 0.784. The molecule has 0 bridgehead atoms. The van der Waals surface area contributed by atoms with Gasteiger partial charge >= 0.3 is 12.3 Å². The first-order chi connectivity index (χ1) is 6.72. The van der Waals surface area contributed by atoms with Gasteiger partial charge in [0.2, 0.25) is 0 Å². The average molecular weight is 224 g/mol. The van der Waals surface area contributed by atoms with Gasteiger partial charge in [-0.15, -0.1) is 0 Å². The van der Waals surface area contributed by atoms with Gasteiger partial charge in [0.25, 0.3) is 0 Å². The van der Waals surface area contributed by atoms with E-state index >= 15 is 0 Å². The van der Waals surface area contributed by atoms with Crippen LogP contribution in [0.1, 0.15) is 5.56 Å². The second kappa shape index (κ2) is 3.67. The van der Waals surface area contributed by atoms with Crippen LogP contribution in [0.3, 0.4) is 0 Å². The van der Waals surface area contributed by atoms with Crippen molar-refractivity contribution in [2.24, 2.45) is 0 Å². The van der Waals surface area contributed by atoms with E-state index in [0.29, 0.717) is 0 Å². The van der Waals surface area contributed by atoms with Crippen molar-refractivity contribution in [3.63, 3.8) is 0 Å². The molecule has 15 heavy (non-hydrogen) atoms. The first kappa shape index (κ1) is 11.7. The van der Waals surface area contributed by atoms with Gasteiger partial charge in [0, 0.05) is 0 Å². The third-order valence-electron chi connectivity index (χ3n) is 1.43. The molecule has 0 fully saturated rings. The van der Waals surface area contributed by atoms with Gasteiger partial charge < -0.3 is 4.74 Å². The molecular weight excluding hydrogens is 219 g/mol. The van der Waals surface area contributed by atoms with Crippen LogP contribution in [-0.2, 0) is 0 Å². The minimum Gasteiger partial charge on any atom is -0.426 e. The fourth-order valence-corrected chi connectivity index (χ4v) is 0.784. The summed E-state index contributed by atoms with van der Waals surface area (Å²) in [4.78, 5) is 0. The highest BCUT2D eigenvalue weighted by Gasteiger charge is 2.61. The third kappa shape index (κ3) is 2.81. The smallest absolute Gasteiger partial charge is 0.426 e. The number of benzene rings is 1. The Balaban J connectivity index is 2.87. The summed E-state index contributed by atoms with van der Waals surface area (Å²) in [6, 6.07) is 4.37.